The molecule has 1 fully saturated rings. The van der Waals surface area contributed by atoms with Crippen molar-refractivity contribution < 1.29 is 14.3 Å². The number of likely N-dealkylation sites (tertiary alicyclic amines) is 1. The number of rotatable bonds is 5. The largest absolute Gasteiger partial charge is 0.496 e. The molecule has 1 atom stereocenters. The number of carbonyl (C=O) groups is 2. The van der Waals surface area contributed by atoms with Gasteiger partial charge in [0.15, 0.2) is 0 Å². The van der Waals surface area contributed by atoms with E-state index in [9.17, 15) is 9.59 Å². The maximum absolute atomic E-state index is 12.3. The molecule has 2 aromatic rings. The topological polar surface area (TPSA) is 76.5 Å². The molecule has 1 aromatic heterocycles. The van der Waals surface area contributed by atoms with Crippen LogP contribution in [0, 0.1) is 5.92 Å². The second-order valence-electron chi connectivity index (χ2n) is 5.88. The predicted molar refractivity (Wildman–Crippen MR) is 88.4 cm³/mol. The minimum absolute atomic E-state index is 0.0211. The highest BCUT2D eigenvalue weighted by Gasteiger charge is 2.34. The smallest absolute Gasteiger partial charge is 0.229 e. The second-order valence-corrected chi connectivity index (χ2v) is 5.88. The number of nitrogens with zero attached hydrogens (tertiary/aromatic N) is 3. The Morgan fingerprint density at radius 1 is 1.42 bits per heavy atom. The molecule has 3 rings (SSSR count). The number of nitrogens with one attached hydrogen (secondary N) is 1. The predicted octanol–water partition coefficient (Wildman–Crippen LogP) is 1.42. The minimum Gasteiger partial charge on any atom is -0.496 e. The fraction of sp³-hybridized carbons (Fsp3) is 0.353. The van der Waals surface area contributed by atoms with Crippen LogP contribution in [0.4, 0.5) is 5.69 Å². The van der Waals surface area contributed by atoms with Gasteiger partial charge in [-0.05, 0) is 6.07 Å². The summed E-state index contributed by atoms with van der Waals surface area (Å²) in [6.45, 7) is 0.850. The van der Waals surface area contributed by atoms with E-state index in [-0.39, 0.29) is 24.2 Å². The molecule has 7 heteroatoms. The summed E-state index contributed by atoms with van der Waals surface area (Å²) in [6.07, 6.45) is 3.53. The summed E-state index contributed by atoms with van der Waals surface area (Å²) in [5.41, 5.74) is 1.57. The van der Waals surface area contributed by atoms with Crippen molar-refractivity contribution in [2.75, 3.05) is 19.0 Å². The van der Waals surface area contributed by atoms with Gasteiger partial charge in [-0.2, -0.15) is 5.10 Å². The third kappa shape index (κ3) is 3.40. The fourth-order valence-electron chi connectivity index (χ4n) is 2.87. The average molecular weight is 328 g/mol. The molecule has 1 aliphatic rings. The van der Waals surface area contributed by atoms with Gasteiger partial charge in [-0.3, -0.25) is 14.3 Å². The van der Waals surface area contributed by atoms with Crippen LogP contribution in [0.3, 0.4) is 0 Å². The van der Waals surface area contributed by atoms with Crippen molar-refractivity contribution >= 4 is 17.5 Å². The van der Waals surface area contributed by atoms with E-state index in [0.29, 0.717) is 18.8 Å². The number of para-hydroxylation sites is 1. The molecule has 1 N–H and O–H groups in total. The molecule has 0 aliphatic carbocycles. The van der Waals surface area contributed by atoms with Gasteiger partial charge in [-0.1, -0.05) is 18.2 Å². The summed E-state index contributed by atoms with van der Waals surface area (Å²) < 4.78 is 6.93. The first kappa shape index (κ1) is 16.0. The quantitative estimate of drug-likeness (QED) is 0.900. The maximum atomic E-state index is 12.3. The van der Waals surface area contributed by atoms with Gasteiger partial charge < -0.3 is 15.0 Å². The van der Waals surface area contributed by atoms with E-state index < -0.39 is 0 Å². The van der Waals surface area contributed by atoms with Gasteiger partial charge in [0.2, 0.25) is 11.8 Å². The summed E-state index contributed by atoms with van der Waals surface area (Å²) in [4.78, 5) is 26.3. The molecule has 2 heterocycles. The Balaban J connectivity index is 1.64. The SMILES string of the molecule is COc1ccccc1CN1C[C@@H](C(=O)Nc2cnn(C)c2)CC1=O. The third-order valence-electron chi connectivity index (χ3n) is 4.11. The number of carbonyl (C=O) groups excluding carboxylic acids is 2. The number of anilines is 1. The molecule has 0 spiro atoms. The lowest BCUT2D eigenvalue weighted by Crippen LogP contribution is -2.28. The summed E-state index contributed by atoms with van der Waals surface area (Å²) in [5, 5.41) is 6.82. The zero-order valence-corrected chi connectivity index (χ0v) is 13.7. The molecule has 1 aromatic carbocycles. The van der Waals surface area contributed by atoms with Crippen LogP contribution in [0.1, 0.15) is 12.0 Å². The van der Waals surface area contributed by atoms with Crippen LogP contribution in [-0.2, 0) is 23.2 Å². The van der Waals surface area contributed by atoms with Crippen LogP contribution in [0.15, 0.2) is 36.7 Å². The zero-order chi connectivity index (χ0) is 17.1. The summed E-state index contributed by atoms with van der Waals surface area (Å²) in [6, 6.07) is 7.58. The number of amides is 2. The normalized spacial score (nSPS) is 17.2. The highest BCUT2D eigenvalue weighted by Crippen LogP contribution is 2.25. The van der Waals surface area contributed by atoms with Crippen molar-refractivity contribution in [3.05, 3.63) is 42.2 Å². The molecule has 0 radical (unpaired) electrons. The van der Waals surface area contributed by atoms with E-state index in [4.69, 9.17) is 4.74 Å². The van der Waals surface area contributed by atoms with E-state index in [2.05, 4.69) is 10.4 Å². The second kappa shape index (κ2) is 6.74. The molecule has 1 aliphatic heterocycles. The molecular weight excluding hydrogens is 308 g/mol. The lowest BCUT2D eigenvalue weighted by Gasteiger charge is -2.18. The Hall–Kier alpha value is -2.83. The van der Waals surface area contributed by atoms with Gasteiger partial charge in [0.1, 0.15) is 5.75 Å². The Labute approximate surface area is 140 Å². The number of methoxy groups -OCH3 is 1. The molecule has 0 unspecified atom stereocenters. The first-order chi connectivity index (χ1) is 11.6. The van der Waals surface area contributed by atoms with Crippen LogP contribution in [-0.4, -0.2) is 40.1 Å². The molecule has 0 bridgehead atoms. The Bertz CT molecular complexity index is 756. The number of benzene rings is 1. The molecular formula is C17H20N4O3. The number of hydrogen-bond acceptors (Lipinski definition) is 4. The first-order valence-electron chi connectivity index (χ1n) is 7.76. The number of aryl methyl sites for hydroxylation is 1. The Kier molecular flexibility index (Phi) is 4.50. The van der Waals surface area contributed by atoms with Crippen LogP contribution < -0.4 is 10.1 Å². The van der Waals surface area contributed by atoms with E-state index in [1.807, 2.05) is 24.3 Å². The molecule has 0 saturated carbocycles. The van der Waals surface area contributed by atoms with Crippen molar-refractivity contribution in [2.45, 2.75) is 13.0 Å². The van der Waals surface area contributed by atoms with Gasteiger partial charge in [-0.25, -0.2) is 0 Å². The third-order valence-corrected chi connectivity index (χ3v) is 4.11. The maximum Gasteiger partial charge on any atom is 0.229 e. The van der Waals surface area contributed by atoms with Crippen LogP contribution >= 0.6 is 0 Å². The number of ether oxygens (including phenoxy) is 1. The lowest BCUT2D eigenvalue weighted by atomic mass is 10.1. The summed E-state index contributed by atoms with van der Waals surface area (Å²) >= 11 is 0. The van der Waals surface area contributed by atoms with Crippen molar-refractivity contribution in [1.29, 1.82) is 0 Å². The van der Waals surface area contributed by atoms with Crippen molar-refractivity contribution in [3.63, 3.8) is 0 Å². The van der Waals surface area contributed by atoms with Gasteiger partial charge in [0.25, 0.3) is 0 Å². The van der Waals surface area contributed by atoms with E-state index in [0.717, 1.165) is 11.3 Å². The molecule has 2 amide bonds. The van der Waals surface area contributed by atoms with Crippen molar-refractivity contribution in [3.8, 4) is 5.75 Å². The highest BCUT2D eigenvalue weighted by molar-refractivity contribution is 5.97. The molecule has 126 valence electrons. The van der Waals surface area contributed by atoms with E-state index >= 15 is 0 Å². The fourth-order valence-corrected chi connectivity index (χ4v) is 2.87. The van der Waals surface area contributed by atoms with Crippen molar-refractivity contribution in [1.82, 2.24) is 14.7 Å². The standard InChI is InChI=1S/C17H20N4O3/c1-20-11-14(8-18-20)19-17(23)13-7-16(22)21(10-13)9-12-5-3-4-6-15(12)24-2/h3-6,8,11,13H,7,9-10H2,1-2H3,(H,19,23)/t13-/m0/s1. The monoisotopic (exact) mass is 328 g/mol. The van der Waals surface area contributed by atoms with Gasteiger partial charge >= 0.3 is 0 Å². The lowest BCUT2D eigenvalue weighted by molar-refractivity contribution is -0.128. The zero-order valence-electron chi connectivity index (χ0n) is 13.7. The molecule has 7 nitrogen and oxygen atoms in total. The van der Waals surface area contributed by atoms with Crippen LogP contribution in [0.2, 0.25) is 0 Å². The summed E-state index contributed by atoms with van der Waals surface area (Å²) in [5.74, 6) is 0.215. The highest BCUT2D eigenvalue weighted by atomic mass is 16.5. The summed E-state index contributed by atoms with van der Waals surface area (Å²) in [7, 11) is 3.39. The Morgan fingerprint density at radius 2 is 2.21 bits per heavy atom. The van der Waals surface area contributed by atoms with Gasteiger partial charge in [-0.15, -0.1) is 0 Å². The van der Waals surface area contributed by atoms with E-state index in [1.54, 1.807) is 36.1 Å². The Morgan fingerprint density at radius 3 is 2.92 bits per heavy atom. The first-order valence-corrected chi connectivity index (χ1v) is 7.76. The van der Waals surface area contributed by atoms with Crippen LogP contribution in [0.5, 0.6) is 5.75 Å². The molecule has 1 saturated heterocycles. The van der Waals surface area contributed by atoms with Crippen LogP contribution in [0.25, 0.3) is 0 Å². The van der Waals surface area contributed by atoms with Gasteiger partial charge in [0, 0.05) is 38.3 Å². The van der Waals surface area contributed by atoms with Gasteiger partial charge in [0.05, 0.1) is 24.9 Å². The molecule has 24 heavy (non-hydrogen) atoms. The number of hydrogen-bond donors (Lipinski definition) is 1. The average Bonchev–Trinajstić information content (AvgIpc) is 3.14. The van der Waals surface area contributed by atoms with E-state index in [1.165, 1.54) is 0 Å². The van der Waals surface area contributed by atoms with Crippen molar-refractivity contribution in [2.24, 2.45) is 13.0 Å². The minimum atomic E-state index is -0.354. The number of aromatic nitrogens is 2.